The number of fused-ring (bicyclic) bond motifs is 1. The van der Waals surface area contributed by atoms with Gasteiger partial charge in [-0.3, -0.25) is 4.90 Å². The molecule has 0 saturated carbocycles. The molecule has 0 radical (unpaired) electrons. The third-order valence-electron chi connectivity index (χ3n) is 5.19. The highest BCUT2D eigenvalue weighted by Gasteiger charge is 2.21. The van der Waals surface area contributed by atoms with E-state index in [1.807, 2.05) is 30.3 Å². The van der Waals surface area contributed by atoms with Crippen molar-refractivity contribution in [3.63, 3.8) is 0 Å². The molecule has 1 atom stereocenters. The van der Waals surface area contributed by atoms with Crippen LogP contribution in [-0.2, 0) is 17.8 Å². The minimum atomic E-state index is 0.272. The standard InChI is InChI=1S/C22H27N3O3/c1-26-17-10-9-16(21(12-17)27-2)13-25(14-18-6-5-11-28-18)15-22-23-19-7-3-4-8-20(19)24-22/h3-4,7-10,12,18H,5-6,11,13-15H2,1-2H3,(H,23,24)/t18-/m0/s1. The summed E-state index contributed by atoms with van der Waals surface area (Å²) in [6, 6.07) is 14.1. The number of benzene rings is 2. The quantitative estimate of drug-likeness (QED) is 0.644. The molecule has 2 aromatic carbocycles. The number of H-pyrrole nitrogens is 1. The second kappa shape index (κ2) is 8.63. The van der Waals surface area contributed by atoms with E-state index in [0.717, 1.165) is 73.0 Å². The lowest BCUT2D eigenvalue weighted by Crippen LogP contribution is -2.32. The number of methoxy groups -OCH3 is 2. The Morgan fingerprint density at radius 2 is 2.04 bits per heavy atom. The van der Waals surface area contributed by atoms with Gasteiger partial charge in [-0.25, -0.2) is 4.98 Å². The monoisotopic (exact) mass is 381 g/mol. The maximum atomic E-state index is 5.89. The number of imidazole rings is 1. The molecular weight excluding hydrogens is 354 g/mol. The number of ether oxygens (including phenoxy) is 3. The summed E-state index contributed by atoms with van der Waals surface area (Å²) in [6.45, 7) is 3.20. The van der Waals surface area contributed by atoms with Gasteiger partial charge in [0.2, 0.25) is 0 Å². The molecule has 0 spiro atoms. The molecule has 0 amide bonds. The molecule has 2 heterocycles. The Morgan fingerprint density at radius 3 is 2.79 bits per heavy atom. The molecule has 1 aromatic heterocycles. The van der Waals surface area contributed by atoms with Gasteiger partial charge in [-0.1, -0.05) is 18.2 Å². The van der Waals surface area contributed by atoms with Crippen LogP contribution in [0.4, 0.5) is 0 Å². The summed E-state index contributed by atoms with van der Waals surface area (Å²) in [4.78, 5) is 10.6. The lowest BCUT2D eigenvalue weighted by Gasteiger charge is -2.25. The number of nitrogens with zero attached hydrogens (tertiary/aromatic N) is 2. The van der Waals surface area contributed by atoms with Crippen LogP contribution in [0.5, 0.6) is 11.5 Å². The number of aromatic nitrogens is 2. The van der Waals surface area contributed by atoms with Crippen LogP contribution in [0.1, 0.15) is 24.2 Å². The number of rotatable bonds is 8. The molecule has 0 bridgehead atoms. The molecule has 0 aliphatic carbocycles. The molecule has 6 heteroatoms. The fourth-order valence-corrected chi connectivity index (χ4v) is 3.78. The molecular formula is C22H27N3O3. The summed E-state index contributed by atoms with van der Waals surface area (Å²) in [5, 5.41) is 0. The Labute approximate surface area is 165 Å². The Bertz CT molecular complexity index is 885. The highest BCUT2D eigenvalue weighted by molar-refractivity contribution is 5.74. The van der Waals surface area contributed by atoms with Crippen LogP contribution in [0.25, 0.3) is 11.0 Å². The van der Waals surface area contributed by atoms with Gasteiger partial charge in [0.05, 0.1) is 37.9 Å². The van der Waals surface area contributed by atoms with Crippen molar-refractivity contribution in [2.75, 3.05) is 27.4 Å². The Morgan fingerprint density at radius 1 is 1.14 bits per heavy atom. The van der Waals surface area contributed by atoms with Crippen molar-refractivity contribution in [2.24, 2.45) is 0 Å². The van der Waals surface area contributed by atoms with Gasteiger partial charge < -0.3 is 19.2 Å². The number of aromatic amines is 1. The van der Waals surface area contributed by atoms with Crippen LogP contribution in [0.3, 0.4) is 0 Å². The van der Waals surface area contributed by atoms with E-state index in [4.69, 9.17) is 19.2 Å². The summed E-state index contributed by atoms with van der Waals surface area (Å²) in [7, 11) is 3.36. The van der Waals surface area contributed by atoms with E-state index in [2.05, 4.69) is 22.0 Å². The third-order valence-corrected chi connectivity index (χ3v) is 5.19. The highest BCUT2D eigenvalue weighted by atomic mass is 16.5. The van der Waals surface area contributed by atoms with Gasteiger partial charge in [0.15, 0.2) is 0 Å². The highest BCUT2D eigenvalue weighted by Crippen LogP contribution is 2.27. The zero-order chi connectivity index (χ0) is 19.3. The van der Waals surface area contributed by atoms with Gasteiger partial charge in [0.1, 0.15) is 17.3 Å². The van der Waals surface area contributed by atoms with Gasteiger partial charge in [0.25, 0.3) is 0 Å². The van der Waals surface area contributed by atoms with Crippen LogP contribution in [-0.4, -0.2) is 48.3 Å². The van der Waals surface area contributed by atoms with E-state index in [-0.39, 0.29) is 6.10 Å². The lowest BCUT2D eigenvalue weighted by molar-refractivity contribution is 0.0668. The summed E-state index contributed by atoms with van der Waals surface area (Å²) in [5.41, 5.74) is 3.19. The number of para-hydroxylation sites is 2. The normalized spacial score (nSPS) is 16.8. The molecule has 148 valence electrons. The van der Waals surface area contributed by atoms with E-state index < -0.39 is 0 Å². The first-order valence-electron chi connectivity index (χ1n) is 9.73. The van der Waals surface area contributed by atoms with E-state index in [9.17, 15) is 0 Å². The van der Waals surface area contributed by atoms with E-state index in [1.165, 1.54) is 0 Å². The minimum Gasteiger partial charge on any atom is -0.497 e. The van der Waals surface area contributed by atoms with E-state index in [1.54, 1.807) is 14.2 Å². The molecule has 1 fully saturated rings. The Hall–Kier alpha value is -2.57. The molecule has 1 N–H and O–H groups in total. The third kappa shape index (κ3) is 4.29. The summed E-state index contributed by atoms with van der Waals surface area (Å²) < 4.78 is 16.8. The predicted octanol–water partition coefficient (Wildman–Crippen LogP) is 3.76. The first kappa shape index (κ1) is 18.8. The molecule has 4 rings (SSSR count). The van der Waals surface area contributed by atoms with Gasteiger partial charge in [0, 0.05) is 31.3 Å². The first-order chi connectivity index (χ1) is 13.7. The van der Waals surface area contributed by atoms with Gasteiger partial charge >= 0.3 is 0 Å². The van der Waals surface area contributed by atoms with Crippen LogP contribution >= 0.6 is 0 Å². The number of hydrogen-bond donors (Lipinski definition) is 1. The SMILES string of the molecule is COc1ccc(CN(Cc2nc3ccccc3[nH]2)C[C@@H]2CCCO2)c(OC)c1. The summed E-state index contributed by atoms with van der Waals surface area (Å²) in [5.74, 6) is 2.59. The average Bonchev–Trinajstić information content (AvgIpc) is 3.37. The molecule has 6 nitrogen and oxygen atoms in total. The van der Waals surface area contributed by atoms with Crippen LogP contribution in [0, 0.1) is 0 Å². The maximum Gasteiger partial charge on any atom is 0.127 e. The smallest absolute Gasteiger partial charge is 0.127 e. The van der Waals surface area contributed by atoms with Gasteiger partial charge in [-0.2, -0.15) is 0 Å². The van der Waals surface area contributed by atoms with Crippen molar-refractivity contribution in [3.8, 4) is 11.5 Å². The van der Waals surface area contributed by atoms with Gasteiger partial charge in [-0.05, 0) is 31.0 Å². The van der Waals surface area contributed by atoms with E-state index in [0.29, 0.717) is 0 Å². The zero-order valence-corrected chi connectivity index (χ0v) is 16.5. The summed E-state index contributed by atoms with van der Waals surface area (Å²) >= 11 is 0. The van der Waals surface area contributed by atoms with Crippen molar-refractivity contribution in [3.05, 3.63) is 53.9 Å². The average molecular weight is 381 g/mol. The van der Waals surface area contributed by atoms with Crippen LogP contribution < -0.4 is 9.47 Å². The molecule has 1 aliphatic heterocycles. The second-order valence-electron chi connectivity index (χ2n) is 7.18. The number of hydrogen-bond acceptors (Lipinski definition) is 5. The molecule has 28 heavy (non-hydrogen) atoms. The first-order valence-corrected chi connectivity index (χ1v) is 9.73. The van der Waals surface area contributed by atoms with Crippen LogP contribution in [0.15, 0.2) is 42.5 Å². The van der Waals surface area contributed by atoms with Crippen molar-refractivity contribution in [1.82, 2.24) is 14.9 Å². The van der Waals surface area contributed by atoms with Crippen molar-refractivity contribution < 1.29 is 14.2 Å². The largest absolute Gasteiger partial charge is 0.497 e. The zero-order valence-electron chi connectivity index (χ0n) is 16.5. The molecule has 3 aromatic rings. The molecule has 1 saturated heterocycles. The molecule has 1 aliphatic rings. The fraction of sp³-hybridized carbons (Fsp3) is 0.409. The van der Waals surface area contributed by atoms with Crippen molar-refractivity contribution >= 4 is 11.0 Å². The van der Waals surface area contributed by atoms with E-state index >= 15 is 0 Å². The fourth-order valence-electron chi connectivity index (χ4n) is 3.78. The topological polar surface area (TPSA) is 59.6 Å². The Kier molecular flexibility index (Phi) is 5.78. The minimum absolute atomic E-state index is 0.272. The lowest BCUT2D eigenvalue weighted by atomic mass is 10.1. The predicted molar refractivity (Wildman–Crippen MR) is 109 cm³/mol. The van der Waals surface area contributed by atoms with Gasteiger partial charge in [-0.15, -0.1) is 0 Å². The number of nitrogens with one attached hydrogen (secondary N) is 1. The second-order valence-corrected chi connectivity index (χ2v) is 7.18. The van der Waals surface area contributed by atoms with Crippen LogP contribution in [0.2, 0.25) is 0 Å². The van der Waals surface area contributed by atoms with Crippen molar-refractivity contribution in [2.45, 2.75) is 32.0 Å². The van der Waals surface area contributed by atoms with Crippen molar-refractivity contribution in [1.29, 1.82) is 0 Å². The Balaban J connectivity index is 1.56. The summed E-state index contributed by atoms with van der Waals surface area (Å²) in [6.07, 6.45) is 2.51. The molecule has 0 unspecified atom stereocenters. The maximum absolute atomic E-state index is 5.89.